The molecule has 1 atom stereocenters. The highest BCUT2D eigenvalue weighted by atomic mass is 79.9. The molecule has 0 heterocycles. The number of esters is 1. The van der Waals surface area contributed by atoms with Crippen LogP contribution >= 0.6 is 15.9 Å². The number of ether oxygens (including phenoxy) is 1. The van der Waals surface area contributed by atoms with Crippen molar-refractivity contribution in [2.24, 2.45) is 5.92 Å². The molecule has 0 saturated carbocycles. The van der Waals surface area contributed by atoms with E-state index < -0.39 is 17.5 Å². The van der Waals surface area contributed by atoms with Gasteiger partial charge in [0.05, 0.1) is 0 Å². The molecule has 98 valence electrons. The number of hydrogen-bond donors (Lipinski definition) is 0. The molecule has 0 radical (unpaired) electrons. The fourth-order valence-corrected chi connectivity index (χ4v) is 1.63. The van der Waals surface area contributed by atoms with Crippen LogP contribution in [0.15, 0.2) is 28.7 Å². The summed E-state index contributed by atoms with van der Waals surface area (Å²) in [7, 11) is 0. The maximum absolute atomic E-state index is 12.1. The molecule has 0 N–H and O–H groups in total. The van der Waals surface area contributed by atoms with Crippen molar-refractivity contribution >= 4 is 27.7 Å². The van der Waals surface area contributed by atoms with Crippen LogP contribution in [-0.2, 0) is 9.53 Å². The lowest BCUT2D eigenvalue weighted by molar-refractivity contribution is -0.157. The van der Waals surface area contributed by atoms with E-state index in [1.807, 2.05) is 0 Å². The lowest BCUT2D eigenvalue weighted by Gasteiger charge is -2.21. The van der Waals surface area contributed by atoms with Gasteiger partial charge in [0.25, 0.3) is 0 Å². The normalized spacial score (nSPS) is 12.9. The maximum atomic E-state index is 12.1. The third-order valence-corrected chi connectivity index (χ3v) is 2.81. The number of Topliss-reactive ketones (excluding diaryl/α,β-unsaturated/α-hetero) is 1. The van der Waals surface area contributed by atoms with Crippen molar-refractivity contribution in [2.75, 3.05) is 0 Å². The van der Waals surface area contributed by atoms with Gasteiger partial charge < -0.3 is 4.74 Å². The summed E-state index contributed by atoms with van der Waals surface area (Å²) >= 11 is 3.30. The van der Waals surface area contributed by atoms with Crippen molar-refractivity contribution in [1.29, 1.82) is 0 Å². The number of rotatable bonds is 3. The molecule has 4 heteroatoms. The van der Waals surface area contributed by atoms with Crippen LogP contribution < -0.4 is 0 Å². The van der Waals surface area contributed by atoms with E-state index in [1.165, 1.54) is 0 Å². The zero-order chi connectivity index (χ0) is 13.9. The molecule has 1 unspecified atom stereocenters. The molecule has 1 aromatic rings. The quantitative estimate of drug-likeness (QED) is 0.486. The number of halogens is 1. The maximum Gasteiger partial charge on any atom is 0.317 e. The van der Waals surface area contributed by atoms with E-state index in [9.17, 15) is 9.59 Å². The summed E-state index contributed by atoms with van der Waals surface area (Å²) in [6.45, 7) is 6.91. The predicted molar refractivity (Wildman–Crippen MR) is 73.5 cm³/mol. The van der Waals surface area contributed by atoms with E-state index in [0.29, 0.717) is 5.56 Å². The van der Waals surface area contributed by atoms with Gasteiger partial charge in [-0.25, -0.2) is 0 Å². The first-order chi connectivity index (χ1) is 8.20. The molecule has 0 aliphatic heterocycles. The third-order valence-electron chi connectivity index (χ3n) is 2.28. The number of carbonyl (C=O) groups is 2. The standard InChI is InChI=1S/C14H17BrO3/c1-9(13(17)18-14(2,3)4)12(16)10-5-7-11(15)8-6-10/h5-9H,1-4H3. The van der Waals surface area contributed by atoms with Crippen LogP contribution in [0, 0.1) is 5.92 Å². The predicted octanol–water partition coefficient (Wildman–Crippen LogP) is 3.61. The van der Waals surface area contributed by atoms with Crippen LogP contribution in [0.5, 0.6) is 0 Å². The summed E-state index contributed by atoms with van der Waals surface area (Å²) in [5.41, 5.74) is -0.0673. The Morgan fingerprint density at radius 1 is 1.17 bits per heavy atom. The number of benzene rings is 1. The van der Waals surface area contributed by atoms with Crippen LogP contribution in [0.3, 0.4) is 0 Å². The molecule has 0 bridgehead atoms. The number of carbonyl (C=O) groups excluding carboxylic acids is 2. The Hall–Kier alpha value is -1.16. The second kappa shape index (κ2) is 5.65. The second-order valence-electron chi connectivity index (χ2n) is 5.13. The summed E-state index contributed by atoms with van der Waals surface area (Å²) in [6, 6.07) is 6.92. The van der Waals surface area contributed by atoms with Crippen LogP contribution in [0.1, 0.15) is 38.1 Å². The third kappa shape index (κ3) is 4.26. The molecule has 0 aliphatic rings. The van der Waals surface area contributed by atoms with Gasteiger partial charge in [-0.3, -0.25) is 9.59 Å². The Labute approximate surface area is 116 Å². The lowest BCUT2D eigenvalue weighted by atomic mass is 9.99. The summed E-state index contributed by atoms with van der Waals surface area (Å²) < 4.78 is 6.09. The van der Waals surface area contributed by atoms with Crippen LogP contribution in [0.4, 0.5) is 0 Å². The van der Waals surface area contributed by atoms with Gasteiger partial charge in [0.1, 0.15) is 11.5 Å². The van der Waals surface area contributed by atoms with Crippen molar-refractivity contribution in [2.45, 2.75) is 33.3 Å². The Kier molecular flexibility index (Phi) is 4.68. The minimum Gasteiger partial charge on any atom is -0.459 e. The highest BCUT2D eigenvalue weighted by Gasteiger charge is 2.27. The summed E-state index contributed by atoms with van der Waals surface area (Å²) in [4.78, 5) is 23.9. The fourth-order valence-electron chi connectivity index (χ4n) is 1.36. The van der Waals surface area contributed by atoms with E-state index in [-0.39, 0.29) is 5.78 Å². The zero-order valence-corrected chi connectivity index (χ0v) is 12.6. The molecule has 1 rings (SSSR count). The summed E-state index contributed by atoms with van der Waals surface area (Å²) in [5.74, 6) is -1.50. The molecule has 0 amide bonds. The number of ketones is 1. The summed E-state index contributed by atoms with van der Waals surface area (Å²) in [5, 5.41) is 0. The van der Waals surface area contributed by atoms with Gasteiger partial charge in [0.2, 0.25) is 0 Å². The first-order valence-electron chi connectivity index (χ1n) is 5.73. The van der Waals surface area contributed by atoms with E-state index >= 15 is 0 Å². The van der Waals surface area contributed by atoms with Gasteiger partial charge in [0.15, 0.2) is 5.78 Å². The van der Waals surface area contributed by atoms with Gasteiger partial charge in [-0.2, -0.15) is 0 Å². The molecule has 1 aromatic carbocycles. The Balaban J connectivity index is 2.78. The first-order valence-corrected chi connectivity index (χ1v) is 6.52. The van der Waals surface area contributed by atoms with Crippen molar-refractivity contribution in [3.63, 3.8) is 0 Å². The summed E-state index contributed by atoms with van der Waals surface area (Å²) in [6.07, 6.45) is 0. The molecule has 0 saturated heterocycles. The van der Waals surface area contributed by atoms with Gasteiger partial charge in [-0.05, 0) is 39.8 Å². The second-order valence-corrected chi connectivity index (χ2v) is 6.04. The average molecular weight is 313 g/mol. The lowest BCUT2D eigenvalue weighted by Crippen LogP contribution is -2.31. The molecule has 0 aromatic heterocycles. The van der Waals surface area contributed by atoms with Gasteiger partial charge >= 0.3 is 5.97 Å². The highest BCUT2D eigenvalue weighted by molar-refractivity contribution is 9.10. The molecule has 0 fully saturated rings. The average Bonchev–Trinajstić information content (AvgIpc) is 2.26. The van der Waals surface area contributed by atoms with Crippen molar-refractivity contribution in [3.8, 4) is 0 Å². The highest BCUT2D eigenvalue weighted by Crippen LogP contribution is 2.17. The van der Waals surface area contributed by atoms with E-state index in [1.54, 1.807) is 52.0 Å². The fraction of sp³-hybridized carbons (Fsp3) is 0.429. The van der Waals surface area contributed by atoms with E-state index in [2.05, 4.69) is 15.9 Å². The van der Waals surface area contributed by atoms with Gasteiger partial charge in [0, 0.05) is 10.0 Å². The molecule has 18 heavy (non-hydrogen) atoms. The van der Waals surface area contributed by atoms with Crippen molar-refractivity contribution in [3.05, 3.63) is 34.3 Å². The van der Waals surface area contributed by atoms with Crippen LogP contribution in [0.2, 0.25) is 0 Å². The van der Waals surface area contributed by atoms with Crippen LogP contribution in [0.25, 0.3) is 0 Å². The van der Waals surface area contributed by atoms with Crippen molar-refractivity contribution in [1.82, 2.24) is 0 Å². The van der Waals surface area contributed by atoms with Crippen LogP contribution in [-0.4, -0.2) is 17.4 Å². The minimum absolute atomic E-state index is 0.225. The Bertz CT molecular complexity index is 443. The monoisotopic (exact) mass is 312 g/mol. The van der Waals surface area contributed by atoms with Crippen molar-refractivity contribution < 1.29 is 14.3 Å². The molecular weight excluding hydrogens is 296 g/mol. The largest absolute Gasteiger partial charge is 0.459 e. The minimum atomic E-state index is -0.787. The molecule has 3 nitrogen and oxygen atoms in total. The topological polar surface area (TPSA) is 43.4 Å². The number of hydrogen-bond acceptors (Lipinski definition) is 3. The first kappa shape index (κ1) is 14.9. The SMILES string of the molecule is CC(C(=O)OC(C)(C)C)C(=O)c1ccc(Br)cc1. The Morgan fingerprint density at radius 2 is 1.67 bits per heavy atom. The van der Waals surface area contributed by atoms with E-state index in [0.717, 1.165) is 4.47 Å². The molecule has 0 spiro atoms. The smallest absolute Gasteiger partial charge is 0.317 e. The van der Waals surface area contributed by atoms with Gasteiger partial charge in [-0.1, -0.05) is 28.1 Å². The molecule has 0 aliphatic carbocycles. The van der Waals surface area contributed by atoms with E-state index in [4.69, 9.17) is 4.74 Å². The Morgan fingerprint density at radius 3 is 2.11 bits per heavy atom. The molecular formula is C14H17BrO3. The van der Waals surface area contributed by atoms with Gasteiger partial charge in [-0.15, -0.1) is 0 Å². The zero-order valence-electron chi connectivity index (χ0n) is 11.0.